The molecular weight excluding hydrogens is 313 g/mol. The van der Waals surface area contributed by atoms with Crippen molar-refractivity contribution in [3.05, 3.63) is 28.5 Å². The number of carbonyl (C=O) groups excluding carboxylic acids is 1. The minimum atomic E-state index is -0.352. The number of benzene rings is 1. The normalized spacial score (nSPS) is 16.5. The van der Waals surface area contributed by atoms with Gasteiger partial charge in [-0.1, -0.05) is 15.9 Å². The third kappa shape index (κ3) is 3.91. The Balaban J connectivity index is 1.88. The van der Waals surface area contributed by atoms with E-state index in [4.69, 9.17) is 0 Å². The molecule has 1 saturated heterocycles. The molecule has 0 saturated carbocycles. The van der Waals surface area contributed by atoms with Gasteiger partial charge in [0.2, 0.25) is 5.91 Å². The number of piperazine rings is 1. The van der Waals surface area contributed by atoms with Gasteiger partial charge in [0.05, 0.1) is 12.2 Å². The monoisotopic (exact) mass is 329 g/mol. The lowest BCUT2D eigenvalue weighted by atomic mass is 10.3. The standard InChI is InChI=1S/C13H17BrFN3O/c1-17-4-6-18(7-5-17)13(19)9-16-12-8-10(14)2-3-11(12)15/h2-3,8,16H,4-7,9H2,1H3. The summed E-state index contributed by atoms with van der Waals surface area (Å²) in [4.78, 5) is 16.0. The molecule has 104 valence electrons. The molecule has 4 nitrogen and oxygen atoms in total. The largest absolute Gasteiger partial charge is 0.374 e. The molecule has 1 N–H and O–H groups in total. The van der Waals surface area contributed by atoms with Crippen LogP contribution < -0.4 is 5.32 Å². The summed E-state index contributed by atoms with van der Waals surface area (Å²) in [6.45, 7) is 3.36. The van der Waals surface area contributed by atoms with E-state index in [1.165, 1.54) is 6.07 Å². The average Bonchev–Trinajstić information content (AvgIpc) is 2.40. The summed E-state index contributed by atoms with van der Waals surface area (Å²) in [7, 11) is 2.04. The van der Waals surface area contributed by atoms with Crippen LogP contribution in [-0.4, -0.2) is 55.5 Å². The predicted molar refractivity (Wildman–Crippen MR) is 76.7 cm³/mol. The molecule has 1 fully saturated rings. The van der Waals surface area contributed by atoms with Crippen molar-refractivity contribution < 1.29 is 9.18 Å². The van der Waals surface area contributed by atoms with Crippen molar-refractivity contribution in [2.75, 3.05) is 45.1 Å². The quantitative estimate of drug-likeness (QED) is 0.918. The lowest BCUT2D eigenvalue weighted by Gasteiger charge is -2.32. The number of carbonyl (C=O) groups is 1. The van der Waals surface area contributed by atoms with E-state index in [2.05, 4.69) is 26.1 Å². The molecule has 0 aromatic heterocycles. The zero-order chi connectivity index (χ0) is 13.8. The van der Waals surface area contributed by atoms with Gasteiger partial charge in [-0.05, 0) is 25.2 Å². The van der Waals surface area contributed by atoms with Crippen LogP contribution in [0.4, 0.5) is 10.1 Å². The predicted octanol–water partition coefficient (Wildman–Crippen LogP) is 1.77. The Morgan fingerprint density at radius 1 is 1.37 bits per heavy atom. The van der Waals surface area contributed by atoms with Crippen molar-refractivity contribution in [2.24, 2.45) is 0 Å². The van der Waals surface area contributed by atoms with Gasteiger partial charge < -0.3 is 15.1 Å². The number of amides is 1. The van der Waals surface area contributed by atoms with Gasteiger partial charge in [-0.2, -0.15) is 0 Å². The molecule has 0 spiro atoms. The van der Waals surface area contributed by atoms with Crippen LogP contribution in [0.5, 0.6) is 0 Å². The van der Waals surface area contributed by atoms with Gasteiger partial charge in [-0.25, -0.2) is 4.39 Å². The minimum absolute atomic E-state index is 0.00692. The average molecular weight is 330 g/mol. The van der Waals surface area contributed by atoms with E-state index in [1.807, 2.05) is 11.9 Å². The van der Waals surface area contributed by atoms with Gasteiger partial charge in [-0.15, -0.1) is 0 Å². The van der Waals surface area contributed by atoms with Crippen LogP contribution in [0.2, 0.25) is 0 Å². The number of rotatable bonds is 3. The van der Waals surface area contributed by atoms with E-state index in [0.717, 1.165) is 30.7 Å². The Morgan fingerprint density at radius 3 is 2.74 bits per heavy atom. The summed E-state index contributed by atoms with van der Waals surface area (Å²) in [5.74, 6) is -0.346. The third-order valence-electron chi connectivity index (χ3n) is 3.21. The van der Waals surface area contributed by atoms with Crippen molar-refractivity contribution in [2.45, 2.75) is 0 Å². The van der Waals surface area contributed by atoms with Crippen LogP contribution in [0.15, 0.2) is 22.7 Å². The summed E-state index contributed by atoms with van der Waals surface area (Å²) >= 11 is 3.28. The second-order valence-electron chi connectivity index (χ2n) is 4.66. The molecule has 1 amide bonds. The molecular formula is C13H17BrFN3O. The van der Waals surface area contributed by atoms with Crippen LogP contribution in [0.3, 0.4) is 0 Å². The van der Waals surface area contributed by atoms with E-state index < -0.39 is 0 Å². The first-order valence-electron chi connectivity index (χ1n) is 6.21. The maximum atomic E-state index is 13.5. The molecule has 1 aromatic carbocycles. The fourth-order valence-corrected chi connectivity index (χ4v) is 2.33. The summed E-state index contributed by atoms with van der Waals surface area (Å²) < 4.78 is 14.3. The van der Waals surface area contributed by atoms with Gasteiger partial charge >= 0.3 is 0 Å². The summed E-state index contributed by atoms with van der Waals surface area (Å²) in [6, 6.07) is 4.63. The Morgan fingerprint density at radius 2 is 2.05 bits per heavy atom. The van der Waals surface area contributed by atoms with Crippen molar-refractivity contribution in [3.8, 4) is 0 Å². The van der Waals surface area contributed by atoms with E-state index in [9.17, 15) is 9.18 Å². The number of hydrogen-bond acceptors (Lipinski definition) is 3. The zero-order valence-corrected chi connectivity index (χ0v) is 12.4. The van der Waals surface area contributed by atoms with E-state index in [0.29, 0.717) is 5.69 Å². The Labute approximate surface area is 120 Å². The van der Waals surface area contributed by atoms with E-state index in [-0.39, 0.29) is 18.3 Å². The van der Waals surface area contributed by atoms with Crippen molar-refractivity contribution in [3.63, 3.8) is 0 Å². The molecule has 0 bridgehead atoms. The molecule has 1 aliphatic heterocycles. The number of nitrogens with zero attached hydrogens (tertiary/aromatic N) is 2. The summed E-state index contributed by atoms with van der Waals surface area (Å²) in [5, 5.41) is 2.85. The first-order chi connectivity index (χ1) is 9.06. The van der Waals surface area contributed by atoms with Gasteiger partial charge in [0.25, 0.3) is 0 Å². The van der Waals surface area contributed by atoms with Gasteiger partial charge in [0.1, 0.15) is 5.82 Å². The topological polar surface area (TPSA) is 35.6 Å². The lowest BCUT2D eigenvalue weighted by Crippen LogP contribution is -2.48. The zero-order valence-electron chi connectivity index (χ0n) is 10.8. The molecule has 0 unspecified atom stereocenters. The van der Waals surface area contributed by atoms with Crippen LogP contribution in [0.1, 0.15) is 0 Å². The highest BCUT2D eigenvalue weighted by Gasteiger charge is 2.18. The van der Waals surface area contributed by atoms with Crippen molar-refractivity contribution in [1.29, 1.82) is 0 Å². The number of likely N-dealkylation sites (N-methyl/N-ethyl adjacent to an activating group) is 1. The molecule has 19 heavy (non-hydrogen) atoms. The highest BCUT2D eigenvalue weighted by atomic mass is 79.9. The van der Waals surface area contributed by atoms with Crippen LogP contribution in [0, 0.1) is 5.82 Å². The fraction of sp³-hybridized carbons (Fsp3) is 0.462. The number of anilines is 1. The van der Waals surface area contributed by atoms with Crippen molar-refractivity contribution in [1.82, 2.24) is 9.80 Å². The van der Waals surface area contributed by atoms with Crippen LogP contribution in [-0.2, 0) is 4.79 Å². The molecule has 1 aliphatic rings. The summed E-state index contributed by atoms with van der Waals surface area (Å²) in [6.07, 6.45) is 0. The third-order valence-corrected chi connectivity index (χ3v) is 3.71. The van der Waals surface area contributed by atoms with Crippen LogP contribution >= 0.6 is 15.9 Å². The van der Waals surface area contributed by atoms with Crippen molar-refractivity contribution >= 4 is 27.5 Å². The first kappa shape index (κ1) is 14.3. The smallest absolute Gasteiger partial charge is 0.241 e. The molecule has 0 atom stereocenters. The Kier molecular flexibility index (Phi) is 4.76. The van der Waals surface area contributed by atoms with E-state index in [1.54, 1.807) is 12.1 Å². The van der Waals surface area contributed by atoms with Gasteiger partial charge in [0, 0.05) is 30.7 Å². The number of nitrogens with one attached hydrogen (secondary N) is 1. The molecule has 0 aliphatic carbocycles. The Bertz CT molecular complexity index is 461. The summed E-state index contributed by atoms with van der Waals surface area (Å²) in [5.41, 5.74) is 0.344. The number of hydrogen-bond donors (Lipinski definition) is 1. The highest BCUT2D eigenvalue weighted by molar-refractivity contribution is 9.10. The number of halogens is 2. The molecule has 2 rings (SSSR count). The van der Waals surface area contributed by atoms with Gasteiger partial charge in [0.15, 0.2) is 0 Å². The maximum Gasteiger partial charge on any atom is 0.241 e. The second-order valence-corrected chi connectivity index (χ2v) is 5.58. The fourth-order valence-electron chi connectivity index (χ4n) is 1.97. The molecule has 1 aromatic rings. The second kappa shape index (κ2) is 6.34. The molecule has 6 heteroatoms. The van der Waals surface area contributed by atoms with Crippen LogP contribution in [0.25, 0.3) is 0 Å². The molecule has 0 radical (unpaired) electrons. The lowest BCUT2D eigenvalue weighted by molar-refractivity contribution is -0.130. The van der Waals surface area contributed by atoms with E-state index >= 15 is 0 Å². The molecule has 1 heterocycles. The first-order valence-corrected chi connectivity index (χ1v) is 7.01. The van der Waals surface area contributed by atoms with Gasteiger partial charge in [-0.3, -0.25) is 4.79 Å². The highest BCUT2D eigenvalue weighted by Crippen LogP contribution is 2.19. The maximum absolute atomic E-state index is 13.5. The SMILES string of the molecule is CN1CCN(C(=O)CNc2cc(Br)ccc2F)CC1. The Hall–Kier alpha value is -1.14. The minimum Gasteiger partial charge on any atom is -0.374 e.